The Balaban J connectivity index is 2.21. The fraction of sp³-hybridized carbons (Fsp3) is 0.348. The number of hydrogen-bond acceptors (Lipinski definition) is 3. The van der Waals surface area contributed by atoms with Gasteiger partial charge in [-0.2, -0.15) is 31.6 Å². The highest BCUT2D eigenvalue weighted by Crippen LogP contribution is 2.43. The van der Waals surface area contributed by atoms with Crippen LogP contribution in [-0.2, 0) is 22.6 Å². The first kappa shape index (κ1) is 23.5. The summed E-state index contributed by atoms with van der Waals surface area (Å²) in [6, 6.07) is 6.37. The highest BCUT2D eigenvalue weighted by atomic mass is 19.4. The van der Waals surface area contributed by atoms with Crippen LogP contribution < -0.4 is 0 Å². The lowest BCUT2D eigenvalue weighted by atomic mass is 9.69. The number of Topliss-reactive ketones (excluding diaryl/α,β-unsaturated/α-hetero) is 2. The number of aryl methyl sites for hydroxylation is 2. The molecular weight excluding hydrogens is 436 g/mol. The van der Waals surface area contributed by atoms with Gasteiger partial charge in [0.25, 0.3) is 0 Å². The van der Waals surface area contributed by atoms with Crippen molar-refractivity contribution < 1.29 is 35.9 Å². The van der Waals surface area contributed by atoms with Crippen molar-refractivity contribution in [3.63, 3.8) is 0 Å². The van der Waals surface area contributed by atoms with Gasteiger partial charge in [-0.25, -0.2) is 0 Å². The fourth-order valence-corrected chi connectivity index (χ4v) is 3.74. The minimum absolute atomic E-state index is 0.0895. The minimum Gasteiger partial charge on any atom is -0.297 e. The van der Waals surface area contributed by atoms with E-state index in [1.54, 1.807) is 6.07 Å². The molecule has 0 spiro atoms. The summed E-state index contributed by atoms with van der Waals surface area (Å²) in [6.45, 7) is 2.50. The Bertz CT molecular complexity index is 1140. The van der Waals surface area contributed by atoms with Gasteiger partial charge in [0, 0.05) is 11.5 Å². The standard InChI is InChI=1S/C23H17F6NO2/c1-12-9-15(22(24,25)26)5-7-17(12)20(32)21(11-30,19(31)14-3-4-14)18-8-6-16(10-13(18)2)23(27,28)29/h5-10,14H,3-4H2,1-2H3. The third kappa shape index (κ3) is 4.01. The fourth-order valence-electron chi connectivity index (χ4n) is 3.74. The van der Waals surface area contributed by atoms with Crippen LogP contribution in [0.4, 0.5) is 26.3 Å². The van der Waals surface area contributed by atoms with Crippen molar-refractivity contribution in [2.75, 3.05) is 0 Å². The molecule has 0 amide bonds. The van der Waals surface area contributed by atoms with Crippen molar-refractivity contribution in [1.29, 1.82) is 5.26 Å². The third-order valence-electron chi connectivity index (χ3n) is 5.58. The second kappa shape index (κ2) is 7.76. The SMILES string of the molecule is Cc1cc(C(F)(F)F)ccc1C(=O)C(C#N)(C(=O)C1CC1)c1ccc(C(F)(F)F)cc1C. The molecule has 0 radical (unpaired) electrons. The molecule has 1 fully saturated rings. The molecule has 1 aliphatic rings. The molecule has 0 heterocycles. The Kier molecular flexibility index (Phi) is 5.71. The lowest BCUT2D eigenvalue weighted by molar-refractivity contribution is -0.138. The molecule has 1 unspecified atom stereocenters. The van der Waals surface area contributed by atoms with Crippen LogP contribution in [0.3, 0.4) is 0 Å². The van der Waals surface area contributed by atoms with Gasteiger partial charge in [-0.3, -0.25) is 9.59 Å². The molecule has 1 saturated carbocycles. The van der Waals surface area contributed by atoms with Crippen molar-refractivity contribution in [1.82, 2.24) is 0 Å². The number of carbonyl (C=O) groups is 2. The highest BCUT2D eigenvalue weighted by Gasteiger charge is 2.54. The molecule has 1 atom stereocenters. The first-order valence-electron chi connectivity index (χ1n) is 9.60. The summed E-state index contributed by atoms with van der Waals surface area (Å²) in [5.41, 5.74) is -5.14. The molecule has 0 saturated heterocycles. The van der Waals surface area contributed by atoms with Crippen molar-refractivity contribution in [2.45, 2.75) is 44.5 Å². The first-order chi connectivity index (χ1) is 14.7. The number of nitriles is 1. The number of hydrogen-bond donors (Lipinski definition) is 0. The van der Waals surface area contributed by atoms with E-state index < -0.39 is 46.4 Å². The Morgan fingerprint density at radius 3 is 1.78 bits per heavy atom. The van der Waals surface area contributed by atoms with Gasteiger partial charge in [-0.05, 0) is 67.6 Å². The first-order valence-corrected chi connectivity index (χ1v) is 9.60. The van der Waals surface area contributed by atoms with Crippen molar-refractivity contribution in [2.24, 2.45) is 5.92 Å². The molecule has 2 aromatic carbocycles. The van der Waals surface area contributed by atoms with E-state index in [-0.39, 0.29) is 22.3 Å². The third-order valence-corrected chi connectivity index (χ3v) is 5.58. The molecule has 1 aliphatic carbocycles. The van der Waals surface area contributed by atoms with Gasteiger partial charge in [0.15, 0.2) is 11.6 Å². The van der Waals surface area contributed by atoms with Crippen LogP contribution in [0.25, 0.3) is 0 Å². The molecule has 2 aromatic rings. The number of rotatable bonds is 5. The topological polar surface area (TPSA) is 57.9 Å². The van der Waals surface area contributed by atoms with Crippen molar-refractivity contribution >= 4 is 11.6 Å². The summed E-state index contributed by atoms with van der Waals surface area (Å²) < 4.78 is 78.3. The second-order valence-corrected chi connectivity index (χ2v) is 7.88. The van der Waals surface area contributed by atoms with Crippen LogP contribution in [0, 0.1) is 31.1 Å². The molecule has 0 aromatic heterocycles. The summed E-state index contributed by atoms with van der Waals surface area (Å²) >= 11 is 0. The summed E-state index contributed by atoms with van der Waals surface area (Å²) in [6.07, 6.45) is -8.50. The molecule has 3 nitrogen and oxygen atoms in total. The average Bonchev–Trinajstić information content (AvgIpc) is 3.53. The maximum absolute atomic E-state index is 13.5. The molecule has 0 N–H and O–H groups in total. The van der Waals surface area contributed by atoms with E-state index in [0.717, 1.165) is 24.3 Å². The maximum atomic E-state index is 13.5. The van der Waals surface area contributed by atoms with E-state index in [4.69, 9.17) is 0 Å². The highest BCUT2D eigenvalue weighted by molar-refractivity contribution is 6.23. The number of halogens is 6. The molecular formula is C23H17F6NO2. The Hall–Kier alpha value is -3.15. The monoisotopic (exact) mass is 453 g/mol. The predicted octanol–water partition coefficient (Wildman–Crippen LogP) is 5.96. The normalized spacial score (nSPS) is 16.2. The molecule has 9 heteroatoms. The number of benzene rings is 2. The number of nitrogens with zero attached hydrogens (tertiary/aromatic N) is 1. The predicted molar refractivity (Wildman–Crippen MR) is 102 cm³/mol. The second-order valence-electron chi connectivity index (χ2n) is 7.88. The summed E-state index contributed by atoms with van der Waals surface area (Å²) in [5.74, 6) is -2.42. The van der Waals surface area contributed by atoms with Crippen LogP contribution >= 0.6 is 0 Å². The summed E-state index contributed by atoms with van der Waals surface area (Å²) in [5, 5.41) is 10.0. The van der Waals surface area contributed by atoms with Crippen molar-refractivity contribution in [3.05, 3.63) is 69.8 Å². The van der Waals surface area contributed by atoms with E-state index in [1.165, 1.54) is 13.8 Å². The van der Waals surface area contributed by atoms with E-state index in [1.807, 2.05) is 0 Å². The van der Waals surface area contributed by atoms with Gasteiger partial charge >= 0.3 is 12.4 Å². The zero-order valence-corrected chi connectivity index (χ0v) is 17.0. The van der Waals surface area contributed by atoms with Crippen LogP contribution in [0.15, 0.2) is 36.4 Å². The van der Waals surface area contributed by atoms with E-state index in [2.05, 4.69) is 0 Å². The van der Waals surface area contributed by atoms with Gasteiger partial charge in [0.05, 0.1) is 17.2 Å². The van der Waals surface area contributed by atoms with Gasteiger partial charge in [-0.1, -0.05) is 12.1 Å². The summed E-state index contributed by atoms with van der Waals surface area (Å²) in [4.78, 5) is 26.7. The number of ketones is 2. The molecule has 32 heavy (non-hydrogen) atoms. The van der Waals surface area contributed by atoms with E-state index in [9.17, 15) is 41.2 Å². The van der Waals surface area contributed by atoms with E-state index in [0.29, 0.717) is 25.0 Å². The quantitative estimate of drug-likeness (QED) is 0.319. The van der Waals surface area contributed by atoms with Crippen LogP contribution in [0.1, 0.15) is 51.0 Å². The molecule has 0 aliphatic heterocycles. The van der Waals surface area contributed by atoms with Gasteiger partial charge in [-0.15, -0.1) is 0 Å². The van der Waals surface area contributed by atoms with Crippen LogP contribution in [-0.4, -0.2) is 11.6 Å². The minimum atomic E-state index is -4.67. The Morgan fingerprint density at radius 2 is 1.38 bits per heavy atom. The summed E-state index contributed by atoms with van der Waals surface area (Å²) in [7, 11) is 0. The van der Waals surface area contributed by atoms with Crippen molar-refractivity contribution in [3.8, 4) is 6.07 Å². The average molecular weight is 453 g/mol. The van der Waals surface area contributed by atoms with Crippen LogP contribution in [0.2, 0.25) is 0 Å². The van der Waals surface area contributed by atoms with Gasteiger partial charge < -0.3 is 0 Å². The molecule has 3 rings (SSSR count). The zero-order chi connectivity index (χ0) is 24.1. The smallest absolute Gasteiger partial charge is 0.297 e. The van der Waals surface area contributed by atoms with E-state index >= 15 is 0 Å². The zero-order valence-electron chi connectivity index (χ0n) is 17.0. The Morgan fingerprint density at radius 1 is 0.875 bits per heavy atom. The van der Waals surface area contributed by atoms with Crippen LogP contribution in [0.5, 0.6) is 0 Å². The maximum Gasteiger partial charge on any atom is 0.416 e. The number of carbonyl (C=O) groups excluding carboxylic acids is 2. The largest absolute Gasteiger partial charge is 0.416 e. The lowest BCUT2D eigenvalue weighted by Crippen LogP contribution is -2.44. The van der Waals surface area contributed by atoms with Gasteiger partial charge in [0.2, 0.25) is 5.41 Å². The number of alkyl halides is 6. The van der Waals surface area contributed by atoms with Gasteiger partial charge in [0.1, 0.15) is 0 Å². The molecule has 0 bridgehead atoms. The molecule has 168 valence electrons. The Labute approximate surface area is 179 Å². The lowest BCUT2D eigenvalue weighted by Gasteiger charge is -2.27.